The summed E-state index contributed by atoms with van der Waals surface area (Å²) in [5, 5.41) is 2.62. The minimum Gasteiger partial charge on any atom is -0.322 e. The van der Waals surface area contributed by atoms with Crippen LogP contribution in [0, 0.1) is 11.6 Å². The fraction of sp³-hybridized carbons (Fsp3) is 0. The summed E-state index contributed by atoms with van der Waals surface area (Å²) in [7, 11) is 0. The molecule has 0 spiro atoms. The fourth-order valence-corrected chi connectivity index (χ4v) is 2.37. The monoisotopic (exact) mass is 337 g/mol. The second-order valence-corrected chi connectivity index (χ2v) is 5.34. The van der Waals surface area contributed by atoms with Crippen molar-refractivity contribution in [2.75, 3.05) is 5.32 Å². The molecular formula is C20H13F2NO2. The second kappa shape index (κ2) is 7.05. The van der Waals surface area contributed by atoms with E-state index >= 15 is 0 Å². The Kier molecular flexibility index (Phi) is 4.66. The average molecular weight is 337 g/mol. The van der Waals surface area contributed by atoms with Gasteiger partial charge in [-0.1, -0.05) is 18.2 Å². The Bertz CT molecular complexity index is 919. The van der Waals surface area contributed by atoms with Gasteiger partial charge in [0.15, 0.2) is 5.78 Å². The molecule has 0 bridgehead atoms. The Morgan fingerprint density at radius 1 is 0.680 bits per heavy atom. The highest BCUT2D eigenvalue weighted by molar-refractivity contribution is 6.17. The number of halogens is 2. The van der Waals surface area contributed by atoms with Crippen LogP contribution < -0.4 is 5.32 Å². The highest BCUT2D eigenvalue weighted by Crippen LogP contribution is 2.17. The standard InChI is InChI=1S/C20H13F2NO2/c21-14-7-5-13(6-8-14)19(24)17-3-1-2-4-18(17)20(25)23-16-11-9-15(22)10-12-16/h1-12H,(H,23,25). The number of carbonyl (C=O) groups excluding carboxylic acids is 2. The molecule has 0 aliphatic heterocycles. The van der Waals surface area contributed by atoms with E-state index in [1.807, 2.05) is 0 Å². The predicted molar refractivity (Wildman–Crippen MR) is 90.6 cm³/mol. The summed E-state index contributed by atoms with van der Waals surface area (Å²) in [5.41, 5.74) is 1.08. The van der Waals surface area contributed by atoms with Crippen molar-refractivity contribution in [3.05, 3.63) is 101 Å². The topological polar surface area (TPSA) is 46.2 Å². The molecule has 0 fully saturated rings. The van der Waals surface area contributed by atoms with E-state index < -0.39 is 17.5 Å². The van der Waals surface area contributed by atoms with Gasteiger partial charge in [0.2, 0.25) is 0 Å². The van der Waals surface area contributed by atoms with E-state index in [4.69, 9.17) is 0 Å². The average Bonchev–Trinajstić information content (AvgIpc) is 2.63. The summed E-state index contributed by atoms with van der Waals surface area (Å²) >= 11 is 0. The minimum atomic E-state index is -0.488. The molecule has 0 heterocycles. The fourth-order valence-electron chi connectivity index (χ4n) is 2.37. The largest absolute Gasteiger partial charge is 0.322 e. The number of nitrogens with one attached hydrogen (secondary N) is 1. The van der Waals surface area contributed by atoms with Crippen LogP contribution in [0.25, 0.3) is 0 Å². The number of anilines is 1. The van der Waals surface area contributed by atoms with Gasteiger partial charge in [-0.05, 0) is 54.6 Å². The highest BCUT2D eigenvalue weighted by Gasteiger charge is 2.18. The molecule has 0 aromatic heterocycles. The molecule has 0 saturated heterocycles. The number of carbonyl (C=O) groups is 2. The maximum atomic E-state index is 13.0. The van der Waals surface area contributed by atoms with Gasteiger partial charge in [-0.15, -0.1) is 0 Å². The van der Waals surface area contributed by atoms with Crippen molar-refractivity contribution in [1.29, 1.82) is 0 Å². The molecule has 3 aromatic carbocycles. The molecule has 0 atom stereocenters. The first-order chi connectivity index (χ1) is 12.0. The molecular weight excluding hydrogens is 324 g/mol. The van der Waals surface area contributed by atoms with Gasteiger partial charge >= 0.3 is 0 Å². The van der Waals surface area contributed by atoms with Crippen LogP contribution >= 0.6 is 0 Å². The van der Waals surface area contributed by atoms with E-state index in [0.29, 0.717) is 5.69 Å². The maximum Gasteiger partial charge on any atom is 0.256 e. The van der Waals surface area contributed by atoms with Crippen molar-refractivity contribution >= 4 is 17.4 Å². The van der Waals surface area contributed by atoms with Crippen molar-refractivity contribution in [1.82, 2.24) is 0 Å². The van der Waals surface area contributed by atoms with Gasteiger partial charge in [0, 0.05) is 16.8 Å². The lowest BCUT2D eigenvalue weighted by atomic mass is 9.98. The Labute approximate surface area is 142 Å². The molecule has 1 amide bonds. The number of amides is 1. The van der Waals surface area contributed by atoms with Gasteiger partial charge in [0.25, 0.3) is 5.91 Å². The van der Waals surface area contributed by atoms with E-state index in [2.05, 4.69) is 5.32 Å². The molecule has 3 nitrogen and oxygen atoms in total. The van der Waals surface area contributed by atoms with E-state index in [9.17, 15) is 18.4 Å². The van der Waals surface area contributed by atoms with Crippen LogP contribution in [0.4, 0.5) is 14.5 Å². The van der Waals surface area contributed by atoms with Gasteiger partial charge < -0.3 is 5.32 Å². The van der Waals surface area contributed by atoms with Crippen molar-refractivity contribution in [3.8, 4) is 0 Å². The number of rotatable bonds is 4. The van der Waals surface area contributed by atoms with Crippen LogP contribution in [0.1, 0.15) is 26.3 Å². The van der Waals surface area contributed by atoms with E-state index in [0.717, 1.165) is 0 Å². The van der Waals surface area contributed by atoms with E-state index in [1.165, 1.54) is 60.7 Å². The van der Waals surface area contributed by atoms with Crippen molar-refractivity contribution in [2.24, 2.45) is 0 Å². The predicted octanol–water partition coefficient (Wildman–Crippen LogP) is 4.45. The van der Waals surface area contributed by atoms with Gasteiger partial charge in [0.05, 0.1) is 5.56 Å². The summed E-state index contributed by atoms with van der Waals surface area (Å²) in [6, 6.07) is 16.8. The van der Waals surface area contributed by atoms with Crippen molar-refractivity contribution in [3.63, 3.8) is 0 Å². The molecule has 1 N–H and O–H groups in total. The lowest BCUT2D eigenvalue weighted by Gasteiger charge is -2.10. The third-order valence-corrected chi connectivity index (χ3v) is 3.62. The number of hydrogen-bond acceptors (Lipinski definition) is 2. The summed E-state index contributed by atoms with van der Waals surface area (Å²) < 4.78 is 26.0. The lowest BCUT2D eigenvalue weighted by molar-refractivity contribution is 0.0996. The van der Waals surface area contributed by atoms with Crippen molar-refractivity contribution < 1.29 is 18.4 Å². The Morgan fingerprint density at radius 3 is 1.80 bits per heavy atom. The summed E-state index contributed by atoms with van der Waals surface area (Å²) in [6.07, 6.45) is 0. The molecule has 25 heavy (non-hydrogen) atoms. The van der Waals surface area contributed by atoms with Crippen molar-refractivity contribution in [2.45, 2.75) is 0 Å². The van der Waals surface area contributed by atoms with Gasteiger partial charge in [-0.25, -0.2) is 8.78 Å². The first-order valence-corrected chi connectivity index (χ1v) is 7.51. The quantitative estimate of drug-likeness (QED) is 0.715. The molecule has 0 unspecified atom stereocenters. The van der Waals surface area contributed by atoms with Gasteiger partial charge in [-0.2, -0.15) is 0 Å². The van der Waals surface area contributed by atoms with E-state index in [1.54, 1.807) is 12.1 Å². The highest BCUT2D eigenvalue weighted by atomic mass is 19.1. The van der Waals surface area contributed by atoms with E-state index in [-0.39, 0.29) is 22.5 Å². The molecule has 0 aliphatic carbocycles. The zero-order chi connectivity index (χ0) is 17.8. The molecule has 5 heteroatoms. The van der Waals surface area contributed by atoms with Crippen LogP contribution in [0.2, 0.25) is 0 Å². The smallest absolute Gasteiger partial charge is 0.256 e. The van der Waals surface area contributed by atoms with Gasteiger partial charge in [-0.3, -0.25) is 9.59 Å². The minimum absolute atomic E-state index is 0.182. The summed E-state index contributed by atoms with van der Waals surface area (Å²) in [6.45, 7) is 0. The molecule has 124 valence electrons. The number of hydrogen-bond donors (Lipinski definition) is 1. The zero-order valence-electron chi connectivity index (χ0n) is 13.0. The first kappa shape index (κ1) is 16.5. The number of ketones is 1. The lowest BCUT2D eigenvalue weighted by Crippen LogP contribution is -2.17. The first-order valence-electron chi connectivity index (χ1n) is 7.51. The maximum absolute atomic E-state index is 13.0. The SMILES string of the molecule is O=C(Nc1ccc(F)cc1)c1ccccc1C(=O)c1ccc(F)cc1. The molecule has 0 saturated carbocycles. The molecule has 3 aromatic rings. The van der Waals surface area contributed by atoms with Gasteiger partial charge in [0.1, 0.15) is 11.6 Å². The molecule has 0 radical (unpaired) electrons. The van der Waals surface area contributed by atoms with Crippen LogP contribution in [-0.2, 0) is 0 Å². The second-order valence-electron chi connectivity index (χ2n) is 5.34. The zero-order valence-corrected chi connectivity index (χ0v) is 13.0. The third kappa shape index (κ3) is 3.77. The van der Waals surface area contributed by atoms with Crippen LogP contribution in [0.5, 0.6) is 0 Å². The van der Waals surface area contributed by atoms with Crippen LogP contribution in [0.15, 0.2) is 72.8 Å². The summed E-state index contributed by atoms with van der Waals surface area (Å²) in [5.74, 6) is -1.73. The summed E-state index contributed by atoms with van der Waals surface area (Å²) in [4.78, 5) is 25.1. The third-order valence-electron chi connectivity index (χ3n) is 3.62. The molecule has 3 rings (SSSR count). The number of benzene rings is 3. The van der Waals surface area contributed by atoms with Crippen LogP contribution in [-0.4, -0.2) is 11.7 Å². The molecule has 0 aliphatic rings. The Morgan fingerprint density at radius 2 is 1.20 bits per heavy atom. The van der Waals surface area contributed by atoms with Crippen LogP contribution in [0.3, 0.4) is 0 Å². The Balaban J connectivity index is 1.89. The Hall–Kier alpha value is -3.34. The normalized spacial score (nSPS) is 10.3.